The maximum atomic E-state index is 12.0. The topological polar surface area (TPSA) is 80.0 Å². The minimum Gasteiger partial charge on any atom is -0.479 e. The SMILES string of the molecule is O=C(O)C1CN(C(=O)c2coc(Br)c2)CCO1. The summed E-state index contributed by atoms with van der Waals surface area (Å²) in [6.45, 7) is 0.657. The number of carboxylic acids is 1. The maximum absolute atomic E-state index is 12.0. The molecule has 0 bridgehead atoms. The van der Waals surface area contributed by atoms with Crippen LogP contribution < -0.4 is 0 Å². The molecular formula is C10H10BrNO5. The summed E-state index contributed by atoms with van der Waals surface area (Å²) in [5, 5.41) is 8.82. The molecule has 1 unspecified atom stereocenters. The number of halogens is 1. The van der Waals surface area contributed by atoms with Gasteiger partial charge in [-0.1, -0.05) is 0 Å². The zero-order valence-corrected chi connectivity index (χ0v) is 10.3. The number of morpholine rings is 1. The molecule has 2 rings (SSSR count). The van der Waals surface area contributed by atoms with Crippen molar-refractivity contribution in [3.63, 3.8) is 0 Å². The van der Waals surface area contributed by atoms with E-state index in [1.165, 1.54) is 11.2 Å². The Kier molecular flexibility index (Phi) is 3.49. The zero-order valence-electron chi connectivity index (χ0n) is 8.76. The molecule has 0 spiro atoms. The molecule has 1 N–H and O–H groups in total. The number of hydrogen-bond acceptors (Lipinski definition) is 4. The summed E-state index contributed by atoms with van der Waals surface area (Å²) in [5.74, 6) is -1.31. The van der Waals surface area contributed by atoms with Crippen molar-refractivity contribution < 1.29 is 23.8 Å². The monoisotopic (exact) mass is 303 g/mol. The second-order valence-corrected chi connectivity index (χ2v) is 4.37. The van der Waals surface area contributed by atoms with Crippen molar-refractivity contribution in [1.82, 2.24) is 4.90 Å². The number of carbonyl (C=O) groups excluding carboxylic acids is 1. The van der Waals surface area contributed by atoms with Crippen LogP contribution >= 0.6 is 15.9 Å². The van der Waals surface area contributed by atoms with E-state index in [4.69, 9.17) is 14.3 Å². The van der Waals surface area contributed by atoms with Crippen LogP contribution in [0.2, 0.25) is 0 Å². The zero-order chi connectivity index (χ0) is 12.4. The van der Waals surface area contributed by atoms with Gasteiger partial charge in [0.05, 0.1) is 18.7 Å². The molecule has 2 heterocycles. The highest BCUT2D eigenvalue weighted by molar-refractivity contribution is 9.10. The highest BCUT2D eigenvalue weighted by Crippen LogP contribution is 2.17. The molecule has 6 nitrogen and oxygen atoms in total. The first kappa shape index (κ1) is 12.1. The van der Waals surface area contributed by atoms with Gasteiger partial charge in [0, 0.05) is 12.6 Å². The first-order valence-electron chi connectivity index (χ1n) is 4.95. The predicted molar refractivity (Wildman–Crippen MR) is 59.7 cm³/mol. The molecule has 1 aromatic heterocycles. The molecule has 1 saturated heterocycles. The van der Waals surface area contributed by atoms with Crippen LogP contribution in [0.4, 0.5) is 0 Å². The van der Waals surface area contributed by atoms with Crippen molar-refractivity contribution in [1.29, 1.82) is 0 Å². The summed E-state index contributed by atoms with van der Waals surface area (Å²) in [6.07, 6.45) is 0.375. The lowest BCUT2D eigenvalue weighted by Crippen LogP contribution is -2.48. The van der Waals surface area contributed by atoms with Gasteiger partial charge >= 0.3 is 5.97 Å². The Morgan fingerprint density at radius 1 is 1.53 bits per heavy atom. The number of amides is 1. The van der Waals surface area contributed by atoms with Crippen LogP contribution in [0.1, 0.15) is 10.4 Å². The number of nitrogens with zero attached hydrogens (tertiary/aromatic N) is 1. The van der Waals surface area contributed by atoms with Crippen LogP contribution in [0, 0.1) is 0 Å². The van der Waals surface area contributed by atoms with Crippen LogP contribution in [-0.4, -0.2) is 47.7 Å². The fraction of sp³-hybridized carbons (Fsp3) is 0.400. The molecule has 0 radical (unpaired) electrons. The molecule has 1 aliphatic heterocycles. The Labute approximate surface area is 105 Å². The normalized spacial score (nSPS) is 20.3. The minimum absolute atomic E-state index is 0.0525. The summed E-state index contributed by atoms with van der Waals surface area (Å²) in [5.41, 5.74) is 0.392. The lowest BCUT2D eigenvalue weighted by Gasteiger charge is -2.30. The number of furan rings is 1. The number of hydrogen-bond donors (Lipinski definition) is 1. The Balaban J connectivity index is 2.07. The van der Waals surface area contributed by atoms with Gasteiger partial charge in [-0.05, 0) is 15.9 Å². The first-order valence-corrected chi connectivity index (χ1v) is 5.75. The lowest BCUT2D eigenvalue weighted by molar-refractivity contribution is -0.154. The van der Waals surface area contributed by atoms with Crippen molar-refractivity contribution in [2.45, 2.75) is 6.10 Å². The summed E-state index contributed by atoms with van der Waals surface area (Å²) in [7, 11) is 0. The van der Waals surface area contributed by atoms with E-state index >= 15 is 0 Å². The maximum Gasteiger partial charge on any atom is 0.334 e. The van der Waals surface area contributed by atoms with Gasteiger partial charge in [-0.2, -0.15) is 0 Å². The molecule has 1 fully saturated rings. The van der Waals surface area contributed by atoms with Crippen molar-refractivity contribution in [3.05, 3.63) is 22.6 Å². The fourth-order valence-corrected chi connectivity index (χ4v) is 1.93. The van der Waals surface area contributed by atoms with E-state index < -0.39 is 12.1 Å². The Hall–Kier alpha value is -1.34. The highest BCUT2D eigenvalue weighted by atomic mass is 79.9. The molecule has 17 heavy (non-hydrogen) atoms. The quantitative estimate of drug-likeness (QED) is 0.880. The molecule has 0 saturated carbocycles. The van der Waals surface area contributed by atoms with E-state index in [1.54, 1.807) is 6.07 Å². The highest BCUT2D eigenvalue weighted by Gasteiger charge is 2.29. The second kappa shape index (κ2) is 4.89. The number of carboxylic acid groups (broad SMARTS) is 1. The van der Waals surface area contributed by atoms with E-state index in [-0.39, 0.29) is 19.1 Å². The van der Waals surface area contributed by atoms with Gasteiger partial charge in [-0.25, -0.2) is 4.79 Å². The van der Waals surface area contributed by atoms with Crippen LogP contribution in [0.3, 0.4) is 0 Å². The van der Waals surface area contributed by atoms with Crippen molar-refractivity contribution in [2.75, 3.05) is 19.7 Å². The van der Waals surface area contributed by atoms with E-state index in [9.17, 15) is 9.59 Å². The average molecular weight is 304 g/mol. The van der Waals surface area contributed by atoms with E-state index in [2.05, 4.69) is 15.9 Å². The number of aliphatic carboxylic acids is 1. The van der Waals surface area contributed by atoms with Crippen LogP contribution in [0.15, 0.2) is 21.4 Å². The van der Waals surface area contributed by atoms with E-state index in [1.807, 2.05) is 0 Å². The number of rotatable bonds is 2. The molecule has 1 aromatic rings. The van der Waals surface area contributed by atoms with Crippen LogP contribution in [0.25, 0.3) is 0 Å². The minimum atomic E-state index is -1.06. The molecule has 1 amide bonds. The summed E-state index contributed by atoms with van der Waals surface area (Å²) < 4.78 is 10.5. The molecule has 0 aromatic carbocycles. The van der Waals surface area contributed by atoms with Crippen LogP contribution in [-0.2, 0) is 9.53 Å². The molecule has 1 aliphatic rings. The fourth-order valence-electron chi connectivity index (χ4n) is 1.59. The van der Waals surface area contributed by atoms with Crippen molar-refractivity contribution in [3.8, 4) is 0 Å². The molecule has 0 aliphatic carbocycles. The molecule has 7 heteroatoms. The summed E-state index contributed by atoms with van der Waals surface area (Å²) in [6, 6.07) is 1.55. The van der Waals surface area contributed by atoms with Gasteiger partial charge in [0.2, 0.25) is 0 Å². The third-order valence-corrected chi connectivity index (χ3v) is 2.86. The molecule has 1 atom stereocenters. The first-order chi connectivity index (χ1) is 8.08. The summed E-state index contributed by atoms with van der Waals surface area (Å²) in [4.78, 5) is 24.2. The van der Waals surface area contributed by atoms with Gasteiger partial charge in [-0.15, -0.1) is 0 Å². The van der Waals surface area contributed by atoms with Gasteiger partial charge < -0.3 is 19.2 Å². The lowest BCUT2D eigenvalue weighted by atomic mass is 10.2. The molecule has 92 valence electrons. The van der Waals surface area contributed by atoms with Crippen molar-refractivity contribution in [2.24, 2.45) is 0 Å². The van der Waals surface area contributed by atoms with Gasteiger partial charge in [0.1, 0.15) is 6.26 Å². The predicted octanol–water partition coefficient (Wildman–Crippen LogP) is 0.968. The van der Waals surface area contributed by atoms with Gasteiger partial charge in [0.15, 0.2) is 10.8 Å². The third kappa shape index (κ3) is 2.67. The second-order valence-electron chi connectivity index (χ2n) is 3.59. The Bertz CT molecular complexity index is 444. The standard InChI is InChI=1S/C10H10BrNO5/c11-8-3-6(5-17-8)9(13)12-1-2-16-7(4-12)10(14)15/h3,5,7H,1-2,4H2,(H,14,15). The smallest absolute Gasteiger partial charge is 0.334 e. The van der Waals surface area contributed by atoms with Gasteiger partial charge in [-0.3, -0.25) is 4.79 Å². The van der Waals surface area contributed by atoms with E-state index in [0.717, 1.165) is 0 Å². The summed E-state index contributed by atoms with van der Waals surface area (Å²) >= 11 is 3.10. The van der Waals surface area contributed by atoms with Crippen LogP contribution in [0.5, 0.6) is 0 Å². The molecular weight excluding hydrogens is 294 g/mol. The Morgan fingerprint density at radius 3 is 2.88 bits per heavy atom. The average Bonchev–Trinajstić information content (AvgIpc) is 2.75. The Morgan fingerprint density at radius 2 is 2.29 bits per heavy atom. The van der Waals surface area contributed by atoms with Crippen molar-refractivity contribution >= 4 is 27.8 Å². The number of ether oxygens (including phenoxy) is 1. The third-order valence-electron chi connectivity index (χ3n) is 2.44. The number of carbonyl (C=O) groups is 2. The largest absolute Gasteiger partial charge is 0.479 e. The van der Waals surface area contributed by atoms with E-state index in [0.29, 0.717) is 16.8 Å². The van der Waals surface area contributed by atoms with Gasteiger partial charge in [0.25, 0.3) is 5.91 Å².